The Morgan fingerprint density at radius 3 is 2.80 bits per heavy atom. The fourth-order valence-corrected chi connectivity index (χ4v) is 2.05. The van der Waals surface area contributed by atoms with Crippen LogP contribution in [0.5, 0.6) is 0 Å². The van der Waals surface area contributed by atoms with E-state index in [1.165, 1.54) is 23.9 Å². The van der Waals surface area contributed by atoms with Crippen molar-refractivity contribution < 1.29 is 9.18 Å². The number of carbonyl (C=O) groups is 1. The van der Waals surface area contributed by atoms with Crippen LogP contribution in [-0.4, -0.2) is 11.5 Å². The maximum atomic E-state index is 12.8. The molecule has 3 heteroatoms. The first-order chi connectivity index (χ1) is 7.08. The van der Waals surface area contributed by atoms with E-state index in [4.69, 9.17) is 0 Å². The third kappa shape index (κ3) is 4.98. The van der Waals surface area contributed by atoms with Gasteiger partial charge in [-0.2, -0.15) is 0 Å². The lowest BCUT2D eigenvalue weighted by Crippen LogP contribution is -2.05. The van der Waals surface area contributed by atoms with Gasteiger partial charge in [0.1, 0.15) is 11.6 Å². The fourth-order valence-electron chi connectivity index (χ4n) is 1.23. The Balaban J connectivity index is 2.40. The number of Topliss-reactive ketones (excluding diaryl/α,β-unsaturated/α-hetero) is 1. The lowest BCUT2D eigenvalue weighted by molar-refractivity contribution is -0.117. The molecule has 1 rings (SSSR count). The molecule has 0 saturated carbocycles. The van der Waals surface area contributed by atoms with Crippen LogP contribution >= 0.6 is 11.8 Å². The number of hydrogen-bond acceptors (Lipinski definition) is 2. The molecule has 0 aliphatic carbocycles. The van der Waals surface area contributed by atoms with Crippen molar-refractivity contribution in [3.05, 3.63) is 30.1 Å². The highest BCUT2D eigenvalue weighted by atomic mass is 32.2. The van der Waals surface area contributed by atoms with E-state index in [0.29, 0.717) is 18.1 Å². The zero-order valence-electron chi connectivity index (χ0n) is 9.00. The average Bonchev–Trinajstić information content (AvgIpc) is 2.14. The summed E-state index contributed by atoms with van der Waals surface area (Å²) in [6.07, 6.45) is 0.600. The Kier molecular flexibility index (Phi) is 4.82. The standard InChI is InChI=1S/C12H15FOS/c1-9(2)6-11(14)8-15-12-5-3-4-10(13)7-12/h3-5,7,9H,6,8H2,1-2H3. The van der Waals surface area contributed by atoms with Crippen LogP contribution in [0.25, 0.3) is 0 Å². The molecule has 0 fully saturated rings. The SMILES string of the molecule is CC(C)CC(=O)CSc1cccc(F)c1. The highest BCUT2D eigenvalue weighted by molar-refractivity contribution is 8.00. The predicted octanol–water partition coefficient (Wildman–Crippen LogP) is 3.53. The third-order valence-corrected chi connectivity index (χ3v) is 2.89. The topological polar surface area (TPSA) is 17.1 Å². The Hall–Kier alpha value is -0.830. The number of thioether (sulfide) groups is 1. The molecule has 0 aromatic heterocycles. The zero-order valence-corrected chi connectivity index (χ0v) is 9.81. The van der Waals surface area contributed by atoms with Crippen molar-refractivity contribution in [2.45, 2.75) is 25.2 Å². The van der Waals surface area contributed by atoms with Crippen LogP contribution in [0.2, 0.25) is 0 Å². The summed E-state index contributed by atoms with van der Waals surface area (Å²) >= 11 is 1.40. The molecule has 0 heterocycles. The predicted molar refractivity (Wildman–Crippen MR) is 61.6 cm³/mol. The fraction of sp³-hybridized carbons (Fsp3) is 0.417. The van der Waals surface area contributed by atoms with E-state index in [9.17, 15) is 9.18 Å². The van der Waals surface area contributed by atoms with E-state index in [2.05, 4.69) is 0 Å². The summed E-state index contributed by atoms with van der Waals surface area (Å²) < 4.78 is 12.8. The molecule has 0 saturated heterocycles. The molecule has 0 aliphatic heterocycles. The van der Waals surface area contributed by atoms with Crippen molar-refractivity contribution in [2.24, 2.45) is 5.92 Å². The monoisotopic (exact) mass is 226 g/mol. The van der Waals surface area contributed by atoms with Crippen LogP contribution in [0.1, 0.15) is 20.3 Å². The summed E-state index contributed by atoms with van der Waals surface area (Å²) in [7, 11) is 0. The first-order valence-corrected chi connectivity index (χ1v) is 5.96. The lowest BCUT2D eigenvalue weighted by Gasteiger charge is -2.03. The molecule has 0 radical (unpaired) electrons. The summed E-state index contributed by atoms with van der Waals surface area (Å²) in [5, 5.41) is 0. The molecule has 0 bridgehead atoms. The van der Waals surface area contributed by atoms with E-state index in [-0.39, 0.29) is 11.6 Å². The minimum Gasteiger partial charge on any atom is -0.299 e. The van der Waals surface area contributed by atoms with Crippen LogP contribution in [0.4, 0.5) is 4.39 Å². The second-order valence-corrected chi connectivity index (χ2v) is 4.93. The minimum atomic E-state index is -0.253. The minimum absolute atomic E-state index is 0.222. The van der Waals surface area contributed by atoms with Gasteiger partial charge in [-0.1, -0.05) is 19.9 Å². The molecular weight excluding hydrogens is 211 g/mol. The van der Waals surface area contributed by atoms with Gasteiger partial charge in [-0.15, -0.1) is 11.8 Å². The Labute approximate surface area is 94.1 Å². The molecule has 0 N–H and O–H groups in total. The molecule has 15 heavy (non-hydrogen) atoms. The molecule has 0 amide bonds. The second kappa shape index (κ2) is 5.91. The smallest absolute Gasteiger partial charge is 0.143 e. The summed E-state index contributed by atoms with van der Waals surface area (Å²) in [6.45, 7) is 4.04. The number of halogens is 1. The molecule has 0 unspecified atom stereocenters. The van der Waals surface area contributed by atoms with Gasteiger partial charge in [-0.25, -0.2) is 4.39 Å². The van der Waals surface area contributed by atoms with Crippen molar-refractivity contribution in [1.29, 1.82) is 0 Å². The normalized spacial score (nSPS) is 10.7. The van der Waals surface area contributed by atoms with Gasteiger partial charge in [0.25, 0.3) is 0 Å². The molecule has 1 aromatic rings. The quantitative estimate of drug-likeness (QED) is 0.714. The van der Waals surface area contributed by atoms with Crippen LogP contribution in [0.15, 0.2) is 29.2 Å². The van der Waals surface area contributed by atoms with Crippen LogP contribution in [-0.2, 0) is 4.79 Å². The Morgan fingerprint density at radius 2 is 2.20 bits per heavy atom. The average molecular weight is 226 g/mol. The number of rotatable bonds is 5. The molecule has 0 spiro atoms. The summed E-state index contributed by atoms with van der Waals surface area (Å²) in [5.74, 6) is 0.794. The zero-order chi connectivity index (χ0) is 11.3. The molecule has 0 aliphatic rings. The van der Waals surface area contributed by atoms with E-state index in [1.54, 1.807) is 6.07 Å². The highest BCUT2D eigenvalue weighted by Crippen LogP contribution is 2.19. The first-order valence-electron chi connectivity index (χ1n) is 4.98. The Bertz CT molecular complexity index is 336. The number of carbonyl (C=O) groups excluding carboxylic acids is 1. The maximum Gasteiger partial charge on any atom is 0.143 e. The number of hydrogen-bond donors (Lipinski definition) is 0. The van der Waals surface area contributed by atoms with Crippen molar-refractivity contribution in [3.63, 3.8) is 0 Å². The van der Waals surface area contributed by atoms with Gasteiger partial charge < -0.3 is 0 Å². The Morgan fingerprint density at radius 1 is 1.47 bits per heavy atom. The van der Waals surface area contributed by atoms with E-state index < -0.39 is 0 Å². The van der Waals surface area contributed by atoms with E-state index in [1.807, 2.05) is 19.9 Å². The second-order valence-electron chi connectivity index (χ2n) is 3.88. The van der Waals surface area contributed by atoms with Gasteiger partial charge in [0, 0.05) is 11.3 Å². The molecule has 0 atom stereocenters. The van der Waals surface area contributed by atoms with E-state index >= 15 is 0 Å². The largest absolute Gasteiger partial charge is 0.299 e. The summed E-state index contributed by atoms with van der Waals surface area (Å²) in [4.78, 5) is 12.2. The van der Waals surface area contributed by atoms with Gasteiger partial charge in [0.15, 0.2) is 0 Å². The van der Waals surface area contributed by atoms with Crippen molar-refractivity contribution >= 4 is 17.5 Å². The van der Waals surface area contributed by atoms with Gasteiger partial charge in [-0.05, 0) is 24.1 Å². The highest BCUT2D eigenvalue weighted by Gasteiger charge is 2.06. The van der Waals surface area contributed by atoms with Crippen LogP contribution < -0.4 is 0 Å². The molecular formula is C12H15FOS. The number of ketones is 1. The van der Waals surface area contributed by atoms with Crippen LogP contribution in [0.3, 0.4) is 0 Å². The van der Waals surface area contributed by atoms with Crippen LogP contribution in [0, 0.1) is 11.7 Å². The van der Waals surface area contributed by atoms with Crippen molar-refractivity contribution in [1.82, 2.24) is 0 Å². The third-order valence-electron chi connectivity index (χ3n) is 1.83. The molecule has 82 valence electrons. The van der Waals surface area contributed by atoms with E-state index in [0.717, 1.165) is 4.90 Å². The number of benzene rings is 1. The van der Waals surface area contributed by atoms with Gasteiger partial charge in [0.05, 0.1) is 5.75 Å². The maximum absolute atomic E-state index is 12.8. The van der Waals surface area contributed by atoms with Gasteiger partial charge in [0.2, 0.25) is 0 Å². The van der Waals surface area contributed by atoms with Crippen molar-refractivity contribution in [3.8, 4) is 0 Å². The first kappa shape index (κ1) is 12.2. The molecule has 1 aromatic carbocycles. The van der Waals surface area contributed by atoms with Crippen molar-refractivity contribution in [2.75, 3.05) is 5.75 Å². The summed E-state index contributed by atoms with van der Waals surface area (Å²) in [5.41, 5.74) is 0. The molecule has 1 nitrogen and oxygen atoms in total. The van der Waals surface area contributed by atoms with Gasteiger partial charge in [-0.3, -0.25) is 4.79 Å². The lowest BCUT2D eigenvalue weighted by atomic mass is 10.1. The summed E-state index contributed by atoms with van der Waals surface area (Å²) in [6, 6.07) is 6.33. The van der Waals surface area contributed by atoms with Gasteiger partial charge >= 0.3 is 0 Å².